The molecular formula is C14H17ClO3. The van der Waals surface area contributed by atoms with Crippen LogP contribution in [0.2, 0.25) is 5.02 Å². The fraction of sp³-hybridized carbons (Fsp3) is 0.357. The molecule has 98 valence electrons. The van der Waals surface area contributed by atoms with Gasteiger partial charge in [0.1, 0.15) is 12.4 Å². The smallest absolute Gasteiger partial charge is 0.334 e. The SMILES string of the molecule is C=C(COc1cc(C(C)C)c(Cl)cc1C)C(=O)O. The first-order chi connectivity index (χ1) is 8.32. The molecule has 3 nitrogen and oxygen atoms in total. The Labute approximate surface area is 112 Å². The number of hydrogen-bond donors (Lipinski definition) is 1. The van der Waals surface area contributed by atoms with Gasteiger partial charge < -0.3 is 9.84 Å². The molecule has 1 rings (SSSR count). The zero-order valence-corrected chi connectivity index (χ0v) is 11.5. The molecule has 0 aromatic heterocycles. The van der Waals surface area contributed by atoms with Gasteiger partial charge in [-0.3, -0.25) is 0 Å². The van der Waals surface area contributed by atoms with Gasteiger partial charge in [-0.25, -0.2) is 4.79 Å². The Kier molecular flexibility index (Phi) is 4.79. The lowest BCUT2D eigenvalue weighted by Gasteiger charge is -2.14. The standard InChI is InChI=1S/C14H17ClO3/c1-8(2)11-6-13(9(3)5-12(11)15)18-7-10(4)14(16)17/h5-6,8H,4,7H2,1-3H3,(H,16,17). The minimum Gasteiger partial charge on any atom is -0.488 e. The third-order valence-corrected chi connectivity index (χ3v) is 2.95. The average molecular weight is 269 g/mol. The van der Waals surface area contributed by atoms with Gasteiger partial charge in [-0.1, -0.05) is 32.0 Å². The van der Waals surface area contributed by atoms with E-state index in [1.807, 2.05) is 32.9 Å². The molecule has 0 saturated carbocycles. The van der Waals surface area contributed by atoms with E-state index in [2.05, 4.69) is 6.58 Å². The molecule has 1 aromatic rings. The van der Waals surface area contributed by atoms with Crippen LogP contribution in [-0.2, 0) is 4.79 Å². The van der Waals surface area contributed by atoms with Crippen LogP contribution in [0.1, 0.15) is 30.9 Å². The van der Waals surface area contributed by atoms with Crippen molar-refractivity contribution in [2.75, 3.05) is 6.61 Å². The van der Waals surface area contributed by atoms with Crippen LogP contribution in [0.5, 0.6) is 5.75 Å². The second kappa shape index (κ2) is 5.91. The molecule has 1 N–H and O–H groups in total. The van der Waals surface area contributed by atoms with E-state index in [9.17, 15) is 4.79 Å². The molecule has 0 amide bonds. The Bertz CT molecular complexity index is 478. The monoisotopic (exact) mass is 268 g/mol. The first-order valence-electron chi connectivity index (χ1n) is 5.66. The van der Waals surface area contributed by atoms with E-state index < -0.39 is 5.97 Å². The maximum absolute atomic E-state index is 10.6. The number of hydrogen-bond acceptors (Lipinski definition) is 2. The molecule has 0 aliphatic heterocycles. The summed E-state index contributed by atoms with van der Waals surface area (Å²) in [6.07, 6.45) is 0. The first-order valence-corrected chi connectivity index (χ1v) is 6.04. The van der Waals surface area contributed by atoms with Crippen LogP contribution in [0.4, 0.5) is 0 Å². The largest absolute Gasteiger partial charge is 0.488 e. The van der Waals surface area contributed by atoms with E-state index in [-0.39, 0.29) is 18.1 Å². The number of halogens is 1. The van der Waals surface area contributed by atoms with Gasteiger partial charge >= 0.3 is 5.97 Å². The molecule has 0 atom stereocenters. The van der Waals surface area contributed by atoms with E-state index >= 15 is 0 Å². The summed E-state index contributed by atoms with van der Waals surface area (Å²) in [6.45, 7) is 9.34. The van der Waals surface area contributed by atoms with Crippen LogP contribution in [0.25, 0.3) is 0 Å². The average Bonchev–Trinajstić information content (AvgIpc) is 2.26. The molecule has 0 aliphatic carbocycles. The Morgan fingerprint density at radius 2 is 2.11 bits per heavy atom. The fourth-order valence-corrected chi connectivity index (χ4v) is 1.93. The van der Waals surface area contributed by atoms with Crippen molar-refractivity contribution >= 4 is 17.6 Å². The fourth-order valence-electron chi connectivity index (χ4n) is 1.49. The lowest BCUT2D eigenvalue weighted by Crippen LogP contribution is -2.09. The summed E-state index contributed by atoms with van der Waals surface area (Å²) in [5.41, 5.74) is 1.89. The summed E-state index contributed by atoms with van der Waals surface area (Å²) < 4.78 is 5.47. The summed E-state index contributed by atoms with van der Waals surface area (Å²) in [5.74, 6) is -0.126. The number of ether oxygens (including phenoxy) is 1. The number of benzene rings is 1. The first kappa shape index (κ1) is 14.6. The normalized spacial score (nSPS) is 10.5. The van der Waals surface area contributed by atoms with Crippen LogP contribution in [-0.4, -0.2) is 17.7 Å². The van der Waals surface area contributed by atoms with Crippen LogP contribution < -0.4 is 4.74 Å². The van der Waals surface area contributed by atoms with Crippen molar-refractivity contribution in [3.8, 4) is 5.75 Å². The van der Waals surface area contributed by atoms with Gasteiger partial charge in [-0.2, -0.15) is 0 Å². The van der Waals surface area contributed by atoms with Crippen LogP contribution in [0, 0.1) is 6.92 Å². The highest BCUT2D eigenvalue weighted by atomic mass is 35.5. The molecule has 0 bridgehead atoms. The summed E-state index contributed by atoms with van der Waals surface area (Å²) in [5, 5.41) is 9.42. The van der Waals surface area contributed by atoms with Gasteiger partial charge in [0, 0.05) is 5.02 Å². The second-order valence-corrected chi connectivity index (χ2v) is 4.90. The Balaban J connectivity index is 2.92. The maximum Gasteiger partial charge on any atom is 0.334 e. The molecule has 0 aliphatic rings. The Hall–Kier alpha value is -1.48. The quantitative estimate of drug-likeness (QED) is 0.827. The summed E-state index contributed by atoms with van der Waals surface area (Å²) in [4.78, 5) is 10.6. The van der Waals surface area contributed by atoms with Crippen LogP contribution in [0.3, 0.4) is 0 Å². The number of aliphatic carboxylic acids is 1. The number of rotatable bonds is 5. The van der Waals surface area contributed by atoms with E-state index in [1.54, 1.807) is 0 Å². The molecule has 0 unspecified atom stereocenters. The van der Waals surface area contributed by atoms with E-state index in [4.69, 9.17) is 21.4 Å². The lowest BCUT2D eigenvalue weighted by atomic mass is 10.0. The highest BCUT2D eigenvalue weighted by Crippen LogP contribution is 2.31. The molecule has 0 saturated heterocycles. The summed E-state index contributed by atoms with van der Waals surface area (Å²) >= 11 is 6.14. The number of carboxylic acid groups (broad SMARTS) is 1. The molecular weight excluding hydrogens is 252 g/mol. The molecule has 0 fully saturated rings. The summed E-state index contributed by atoms with van der Waals surface area (Å²) in [6, 6.07) is 3.69. The van der Waals surface area contributed by atoms with Crippen molar-refractivity contribution in [1.82, 2.24) is 0 Å². The van der Waals surface area contributed by atoms with E-state index in [0.29, 0.717) is 10.8 Å². The second-order valence-electron chi connectivity index (χ2n) is 4.49. The van der Waals surface area contributed by atoms with Gasteiger partial charge in [0.25, 0.3) is 0 Å². The lowest BCUT2D eigenvalue weighted by molar-refractivity contribution is -0.133. The molecule has 4 heteroatoms. The number of carboxylic acids is 1. The third kappa shape index (κ3) is 3.50. The van der Waals surface area contributed by atoms with Crippen molar-refractivity contribution in [3.63, 3.8) is 0 Å². The van der Waals surface area contributed by atoms with Crippen LogP contribution >= 0.6 is 11.6 Å². The highest BCUT2D eigenvalue weighted by molar-refractivity contribution is 6.31. The van der Waals surface area contributed by atoms with Crippen molar-refractivity contribution in [3.05, 3.63) is 40.4 Å². The zero-order valence-electron chi connectivity index (χ0n) is 10.8. The number of aryl methyl sites for hydroxylation is 1. The van der Waals surface area contributed by atoms with Crippen molar-refractivity contribution in [2.45, 2.75) is 26.7 Å². The predicted molar refractivity (Wildman–Crippen MR) is 72.5 cm³/mol. The van der Waals surface area contributed by atoms with E-state index in [1.165, 1.54) is 0 Å². The zero-order chi connectivity index (χ0) is 13.9. The molecule has 0 radical (unpaired) electrons. The Morgan fingerprint density at radius 1 is 1.50 bits per heavy atom. The van der Waals surface area contributed by atoms with Crippen molar-refractivity contribution in [1.29, 1.82) is 0 Å². The molecule has 0 spiro atoms. The highest BCUT2D eigenvalue weighted by Gasteiger charge is 2.11. The van der Waals surface area contributed by atoms with Gasteiger partial charge in [-0.05, 0) is 36.1 Å². The van der Waals surface area contributed by atoms with Crippen molar-refractivity contribution in [2.24, 2.45) is 0 Å². The van der Waals surface area contributed by atoms with Gasteiger partial charge in [0.15, 0.2) is 0 Å². The minimum absolute atomic E-state index is 0.0236. The topological polar surface area (TPSA) is 46.5 Å². The molecule has 0 heterocycles. The van der Waals surface area contributed by atoms with E-state index in [0.717, 1.165) is 11.1 Å². The van der Waals surface area contributed by atoms with Crippen molar-refractivity contribution < 1.29 is 14.6 Å². The van der Waals surface area contributed by atoms with Crippen LogP contribution in [0.15, 0.2) is 24.3 Å². The van der Waals surface area contributed by atoms with Gasteiger partial charge in [-0.15, -0.1) is 0 Å². The van der Waals surface area contributed by atoms with Gasteiger partial charge in [0.05, 0.1) is 5.57 Å². The third-order valence-electron chi connectivity index (χ3n) is 2.62. The Morgan fingerprint density at radius 3 is 2.61 bits per heavy atom. The predicted octanol–water partition coefficient (Wildman–Crippen LogP) is 3.79. The number of carbonyl (C=O) groups is 1. The molecule has 1 aromatic carbocycles. The maximum atomic E-state index is 10.6. The minimum atomic E-state index is -1.05. The van der Waals surface area contributed by atoms with Gasteiger partial charge in [0.2, 0.25) is 0 Å². The summed E-state index contributed by atoms with van der Waals surface area (Å²) in [7, 11) is 0. The molecule has 18 heavy (non-hydrogen) atoms.